The van der Waals surface area contributed by atoms with Crippen LogP contribution in [-0.2, 0) is 0 Å². The predicted octanol–water partition coefficient (Wildman–Crippen LogP) is 2.66. The van der Waals surface area contributed by atoms with Crippen molar-refractivity contribution < 1.29 is 4.74 Å². The molecule has 0 aliphatic heterocycles. The van der Waals surface area contributed by atoms with Crippen LogP contribution in [0.3, 0.4) is 0 Å². The van der Waals surface area contributed by atoms with Crippen LogP contribution >= 0.6 is 30.1 Å². The number of nitrogens with zero attached hydrogens (tertiary/aromatic N) is 3. The molecule has 0 radical (unpaired) electrons. The summed E-state index contributed by atoms with van der Waals surface area (Å²) in [4.78, 5) is 0.916. The van der Waals surface area contributed by atoms with E-state index in [0.717, 1.165) is 10.4 Å². The first-order valence-electron chi connectivity index (χ1n) is 4.05. The van der Waals surface area contributed by atoms with Gasteiger partial charge in [-0.3, -0.25) is 0 Å². The third kappa shape index (κ3) is 1.77. The Kier molecular flexibility index (Phi) is 3.02. The van der Waals surface area contributed by atoms with Crippen LogP contribution in [0.4, 0.5) is 0 Å². The molecule has 0 bridgehead atoms. The molecule has 2 heterocycles. The van der Waals surface area contributed by atoms with Gasteiger partial charge < -0.3 is 4.74 Å². The molecule has 0 aliphatic rings. The highest BCUT2D eigenvalue weighted by Crippen LogP contribution is 2.31. The average Bonchev–Trinajstić information content (AvgIpc) is 2.65. The van der Waals surface area contributed by atoms with Crippen molar-refractivity contribution in [3.63, 3.8) is 0 Å². The van der Waals surface area contributed by atoms with Crippen molar-refractivity contribution >= 4 is 35.7 Å². The molecule has 0 saturated carbocycles. The maximum absolute atomic E-state index is 9.03. The van der Waals surface area contributed by atoms with Crippen LogP contribution in [0.25, 0.3) is 5.52 Å². The van der Waals surface area contributed by atoms with E-state index in [-0.39, 0.29) is 0 Å². The van der Waals surface area contributed by atoms with Gasteiger partial charge in [0.2, 0.25) is 5.88 Å². The van der Waals surface area contributed by atoms with E-state index in [0.29, 0.717) is 11.6 Å². The van der Waals surface area contributed by atoms with Crippen LogP contribution in [0.15, 0.2) is 23.1 Å². The molecule has 0 saturated heterocycles. The fourth-order valence-corrected chi connectivity index (χ4v) is 2.66. The van der Waals surface area contributed by atoms with E-state index in [2.05, 4.69) is 32.4 Å². The molecule has 2 aromatic heterocycles. The molecule has 2 aromatic rings. The topological polar surface area (TPSA) is 50.3 Å². The third-order valence-corrected chi connectivity index (χ3v) is 3.86. The molecule has 0 aliphatic carbocycles. The third-order valence-electron chi connectivity index (χ3n) is 1.96. The summed E-state index contributed by atoms with van der Waals surface area (Å²) in [6.07, 6.45) is 0. The molecule has 0 fully saturated rings. The van der Waals surface area contributed by atoms with Crippen molar-refractivity contribution in [2.75, 3.05) is 7.11 Å². The van der Waals surface area contributed by atoms with Crippen molar-refractivity contribution in [2.45, 2.75) is 4.90 Å². The van der Waals surface area contributed by atoms with Crippen LogP contribution < -0.4 is 4.74 Å². The molecule has 15 heavy (non-hydrogen) atoms. The summed E-state index contributed by atoms with van der Waals surface area (Å²) >= 11 is 2.15. The van der Waals surface area contributed by atoms with Crippen LogP contribution in [0.5, 0.6) is 5.88 Å². The Morgan fingerprint density at radius 3 is 3.00 bits per heavy atom. The van der Waals surface area contributed by atoms with Gasteiger partial charge in [-0.15, -0.1) is 5.10 Å². The van der Waals surface area contributed by atoms with E-state index in [1.165, 1.54) is 8.93 Å². The van der Waals surface area contributed by atoms with Crippen molar-refractivity contribution in [2.24, 2.45) is 0 Å². The molecule has 0 amide bonds. The molecular formula is C9H6IN3OS. The molecule has 0 N–H and O–H groups in total. The maximum Gasteiger partial charge on any atom is 0.231 e. The Hall–Kier alpha value is -0.940. The van der Waals surface area contributed by atoms with Crippen LogP contribution in [0, 0.1) is 11.3 Å². The van der Waals surface area contributed by atoms with Crippen LogP contribution in [-0.4, -0.2) is 16.7 Å². The van der Waals surface area contributed by atoms with Gasteiger partial charge in [0.1, 0.15) is 6.07 Å². The summed E-state index contributed by atoms with van der Waals surface area (Å²) in [5.74, 6) is 0.500. The first kappa shape index (κ1) is 10.6. The average molecular weight is 331 g/mol. The van der Waals surface area contributed by atoms with Gasteiger partial charge >= 0.3 is 0 Å². The van der Waals surface area contributed by atoms with Gasteiger partial charge in [-0.2, -0.15) is 5.26 Å². The number of hydrogen-bond donors (Lipinski definition) is 0. The Balaban J connectivity index is 2.75. The highest BCUT2D eigenvalue weighted by molar-refractivity contribution is 14.2. The Bertz CT molecular complexity index is 546. The Morgan fingerprint density at radius 2 is 2.40 bits per heavy atom. The molecule has 0 unspecified atom stereocenters. The highest BCUT2D eigenvalue weighted by atomic mass is 127. The number of ether oxygens (including phenoxy) is 1. The first-order chi connectivity index (χ1) is 7.30. The second-order valence-electron chi connectivity index (χ2n) is 2.76. The fourth-order valence-electron chi connectivity index (χ4n) is 1.28. The summed E-state index contributed by atoms with van der Waals surface area (Å²) in [5, 5.41) is 13.2. The molecule has 0 spiro atoms. The number of hydrogen-bond acceptors (Lipinski definition) is 4. The van der Waals surface area contributed by atoms with Crippen molar-refractivity contribution in [1.82, 2.24) is 9.61 Å². The Labute approximate surface area is 103 Å². The lowest BCUT2D eigenvalue weighted by Gasteiger charge is -1.99. The van der Waals surface area contributed by atoms with Crippen molar-refractivity contribution in [3.05, 3.63) is 23.9 Å². The summed E-state index contributed by atoms with van der Waals surface area (Å²) in [6, 6.07) is 7.73. The second-order valence-corrected chi connectivity index (χ2v) is 4.67. The molecule has 76 valence electrons. The standard InChI is InChI=1S/C9H6IN3OS/c1-14-9-3-2-6-4-8(15-10)7(5-11)13(6)12-9/h2-4H,1H3. The summed E-state index contributed by atoms with van der Waals surface area (Å²) in [5.41, 5.74) is 1.44. The fraction of sp³-hybridized carbons (Fsp3) is 0.111. The highest BCUT2D eigenvalue weighted by Gasteiger charge is 2.11. The normalized spacial score (nSPS) is 10.2. The lowest BCUT2D eigenvalue weighted by molar-refractivity contribution is 0.390. The molecule has 4 nitrogen and oxygen atoms in total. The SMILES string of the molecule is COc1ccc2cc(SI)c(C#N)n2n1. The summed E-state index contributed by atoms with van der Waals surface area (Å²) in [7, 11) is 3.06. The van der Waals surface area contributed by atoms with Crippen molar-refractivity contribution in [3.8, 4) is 11.9 Å². The predicted molar refractivity (Wildman–Crippen MR) is 66.3 cm³/mol. The zero-order valence-corrected chi connectivity index (χ0v) is 10.7. The first-order valence-corrected chi connectivity index (χ1v) is 7.41. The smallest absolute Gasteiger partial charge is 0.231 e. The van der Waals surface area contributed by atoms with Gasteiger partial charge in [0.25, 0.3) is 0 Å². The van der Waals surface area contributed by atoms with Gasteiger partial charge in [-0.1, -0.05) is 0 Å². The van der Waals surface area contributed by atoms with Gasteiger partial charge in [0.15, 0.2) is 5.69 Å². The van der Waals surface area contributed by atoms with E-state index < -0.39 is 0 Å². The van der Waals surface area contributed by atoms with Crippen LogP contribution in [0.2, 0.25) is 0 Å². The zero-order valence-electron chi connectivity index (χ0n) is 7.77. The van der Waals surface area contributed by atoms with Gasteiger partial charge in [0.05, 0.1) is 17.5 Å². The zero-order chi connectivity index (χ0) is 10.8. The van der Waals surface area contributed by atoms with Gasteiger partial charge in [0, 0.05) is 27.3 Å². The number of halogens is 1. The summed E-state index contributed by atoms with van der Waals surface area (Å²) in [6.45, 7) is 0. The number of fused-ring (bicyclic) bond motifs is 1. The van der Waals surface area contributed by atoms with E-state index in [9.17, 15) is 0 Å². The lowest BCUT2D eigenvalue weighted by atomic mass is 10.4. The molecule has 6 heteroatoms. The molecular weight excluding hydrogens is 325 g/mol. The maximum atomic E-state index is 9.03. The largest absolute Gasteiger partial charge is 0.480 e. The molecule has 0 atom stereocenters. The minimum Gasteiger partial charge on any atom is -0.480 e. The van der Waals surface area contributed by atoms with Crippen LogP contribution in [0.1, 0.15) is 5.69 Å². The summed E-state index contributed by atoms with van der Waals surface area (Å²) < 4.78 is 6.61. The number of nitriles is 1. The molecule has 2 rings (SSSR count). The van der Waals surface area contributed by atoms with Crippen molar-refractivity contribution in [1.29, 1.82) is 5.26 Å². The Morgan fingerprint density at radius 1 is 1.60 bits per heavy atom. The van der Waals surface area contributed by atoms with E-state index in [1.54, 1.807) is 17.7 Å². The monoisotopic (exact) mass is 331 g/mol. The minimum atomic E-state index is 0.500. The number of rotatable bonds is 2. The van der Waals surface area contributed by atoms with E-state index in [1.807, 2.05) is 12.1 Å². The van der Waals surface area contributed by atoms with E-state index >= 15 is 0 Å². The quantitative estimate of drug-likeness (QED) is 0.794. The van der Waals surface area contributed by atoms with Gasteiger partial charge in [-0.05, 0) is 21.1 Å². The minimum absolute atomic E-state index is 0.500. The second kappa shape index (κ2) is 4.28. The molecule has 0 aromatic carbocycles. The van der Waals surface area contributed by atoms with Gasteiger partial charge in [-0.25, -0.2) is 4.52 Å². The van der Waals surface area contributed by atoms with E-state index in [4.69, 9.17) is 10.00 Å². The number of aromatic nitrogens is 2. The number of methoxy groups -OCH3 is 1. The lowest BCUT2D eigenvalue weighted by Crippen LogP contribution is -1.97.